The van der Waals surface area contributed by atoms with E-state index in [1.165, 1.54) is 17.0 Å². The predicted octanol–water partition coefficient (Wildman–Crippen LogP) is 6.45. The summed E-state index contributed by atoms with van der Waals surface area (Å²) in [5.74, 6) is -0.764. The number of benzene rings is 2. The normalized spacial score (nSPS) is 18.2. The van der Waals surface area contributed by atoms with E-state index >= 15 is 4.39 Å². The maximum atomic E-state index is 15.6. The van der Waals surface area contributed by atoms with Gasteiger partial charge in [-0.1, -0.05) is 13.0 Å². The lowest BCUT2D eigenvalue weighted by molar-refractivity contribution is -0.137. The van der Waals surface area contributed by atoms with Crippen LogP contribution >= 0.6 is 0 Å². The van der Waals surface area contributed by atoms with Crippen molar-refractivity contribution in [2.75, 3.05) is 49.5 Å². The van der Waals surface area contributed by atoms with Gasteiger partial charge < -0.3 is 25.2 Å². The van der Waals surface area contributed by atoms with E-state index in [1.807, 2.05) is 19.1 Å². The molecule has 238 valence electrons. The molecule has 3 aliphatic heterocycles. The molecule has 1 fully saturated rings. The number of carbonyl (C=O) groups excluding carboxylic acids is 2. The van der Waals surface area contributed by atoms with Crippen LogP contribution in [0.5, 0.6) is 0 Å². The number of aromatic nitrogens is 1. The number of fused-ring (bicyclic) bond motifs is 4. The van der Waals surface area contributed by atoms with Crippen molar-refractivity contribution in [2.24, 2.45) is 0 Å². The van der Waals surface area contributed by atoms with Crippen molar-refractivity contribution >= 4 is 23.5 Å². The van der Waals surface area contributed by atoms with Crippen molar-refractivity contribution in [1.82, 2.24) is 15.2 Å². The molecule has 1 saturated heterocycles. The molecule has 3 aromatic rings. The Labute approximate surface area is 258 Å². The molecule has 0 aliphatic carbocycles. The van der Waals surface area contributed by atoms with Gasteiger partial charge in [0.1, 0.15) is 11.4 Å². The molecule has 1 atom stereocenters. The van der Waals surface area contributed by atoms with Gasteiger partial charge in [0, 0.05) is 61.6 Å². The van der Waals surface area contributed by atoms with E-state index in [4.69, 9.17) is 4.74 Å². The third-order valence-corrected chi connectivity index (χ3v) is 8.46. The highest BCUT2D eigenvalue weighted by Crippen LogP contribution is 2.43. The lowest BCUT2D eigenvalue weighted by Gasteiger charge is -2.37. The van der Waals surface area contributed by atoms with Crippen LogP contribution in [0.2, 0.25) is 0 Å². The number of hydrogen-bond acceptors (Lipinski definition) is 6. The van der Waals surface area contributed by atoms with Crippen molar-refractivity contribution in [3.8, 4) is 22.3 Å². The van der Waals surface area contributed by atoms with Crippen molar-refractivity contribution in [3.63, 3.8) is 0 Å². The maximum absolute atomic E-state index is 15.6. The van der Waals surface area contributed by atoms with Crippen LogP contribution in [0, 0.1) is 5.95 Å². The van der Waals surface area contributed by atoms with Crippen molar-refractivity contribution in [1.29, 1.82) is 0 Å². The smallest absolute Gasteiger partial charge is 0.418 e. The average molecular weight is 626 g/mol. The molecule has 0 saturated carbocycles. The fourth-order valence-electron chi connectivity index (χ4n) is 6.18. The lowest BCUT2D eigenvalue weighted by atomic mass is 9.86. The molecule has 0 bridgehead atoms. The van der Waals surface area contributed by atoms with Crippen molar-refractivity contribution in [2.45, 2.75) is 51.8 Å². The van der Waals surface area contributed by atoms with Gasteiger partial charge in [0.25, 0.3) is 5.91 Å². The zero-order valence-electron chi connectivity index (χ0n) is 25.6. The first-order chi connectivity index (χ1) is 21.2. The fourth-order valence-corrected chi connectivity index (χ4v) is 6.18. The second kappa shape index (κ2) is 11.2. The number of nitrogens with zero attached hydrogens (tertiary/aromatic N) is 3. The summed E-state index contributed by atoms with van der Waals surface area (Å²) in [7, 11) is 0. The molecule has 1 unspecified atom stereocenters. The molecule has 2 amide bonds. The molecule has 6 rings (SSSR count). The minimum absolute atomic E-state index is 0.0346. The molecule has 45 heavy (non-hydrogen) atoms. The van der Waals surface area contributed by atoms with Gasteiger partial charge in [0.15, 0.2) is 0 Å². The number of ether oxygens (including phenoxy) is 1. The quantitative estimate of drug-likeness (QED) is 0.252. The molecule has 1 aromatic heterocycles. The molecule has 0 spiro atoms. The number of rotatable bonds is 2. The second-order valence-corrected chi connectivity index (χ2v) is 12.8. The lowest BCUT2D eigenvalue weighted by Crippen LogP contribution is -2.50. The molecule has 4 heterocycles. The Hall–Kier alpha value is -4.35. The molecule has 3 aliphatic rings. The Morgan fingerprint density at radius 1 is 0.956 bits per heavy atom. The highest BCUT2D eigenvalue weighted by atomic mass is 19.4. The van der Waals surface area contributed by atoms with Crippen molar-refractivity contribution in [3.05, 3.63) is 64.6 Å². The SMILES string of the molecule is CC1CNc2nc(F)c(-c3ccc(N4CCN(C(=O)OC(C)(C)C)CC4)c(C(F)(F)F)c3)cc2-c2cc3c(cc21)C(=O)NCC3. The van der Waals surface area contributed by atoms with Crippen LogP contribution in [0.1, 0.15) is 60.7 Å². The van der Waals surface area contributed by atoms with Crippen LogP contribution < -0.4 is 15.5 Å². The number of halogens is 4. The molecular weight excluding hydrogens is 590 g/mol. The number of amides is 2. The van der Waals surface area contributed by atoms with Crippen LogP contribution in [0.15, 0.2) is 36.4 Å². The highest BCUT2D eigenvalue weighted by Gasteiger charge is 2.37. The Morgan fingerprint density at radius 3 is 2.38 bits per heavy atom. The summed E-state index contributed by atoms with van der Waals surface area (Å²) in [6.45, 7) is 8.96. The monoisotopic (exact) mass is 625 g/mol. The fraction of sp³-hybridized carbons (Fsp3) is 0.424. The minimum Gasteiger partial charge on any atom is -0.444 e. The van der Waals surface area contributed by atoms with Crippen LogP contribution in [0.3, 0.4) is 0 Å². The van der Waals surface area contributed by atoms with Crippen LogP contribution in [-0.2, 0) is 17.3 Å². The molecule has 2 N–H and O–H groups in total. The minimum atomic E-state index is -4.72. The first kappa shape index (κ1) is 30.7. The Morgan fingerprint density at radius 2 is 1.69 bits per heavy atom. The summed E-state index contributed by atoms with van der Waals surface area (Å²) >= 11 is 0. The first-order valence-electron chi connectivity index (χ1n) is 15.0. The Balaban J connectivity index is 1.36. The van der Waals surface area contributed by atoms with Gasteiger partial charge in [-0.05, 0) is 85.7 Å². The van der Waals surface area contributed by atoms with Crippen LogP contribution in [0.4, 0.5) is 33.9 Å². The number of piperazine rings is 1. The van der Waals surface area contributed by atoms with Crippen LogP contribution in [0.25, 0.3) is 22.3 Å². The summed E-state index contributed by atoms with van der Waals surface area (Å²) in [6, 6.07) is 9.13. The molecule has 8 nitrogen and oxygen atoms in total. The molecule has 2 aromatic carbocycles. The van der Waals surface area contributed by atoms with Crippen molar-refractivity contribution < 1.29 is 31.9 Å². The van der Waals surface area contributed by atoms with Gasteiger partial charge in [0.2, 0.25) is 5.95 Å². The highest BCUT2D eigenvalue weighted by molar-refractivity contribution is 5.98. The van der Waals surface area contributed by atoms with Gasteiger partial charge in [0.05, 0.1) is 5.56 Å². The Kier molecular flexibility index (Phi) is 7.65. The van der Waals surface area contributed by atoms with Gasteiger partial charge in [-0.15, -0.1) is 0 Å². The van der Waals surface area contributed by atoms with Gasteiger partial charge in [-0.25, -0.2) is 9.78 Å². The average Bonchev–Trinajstić information content (AvgIpc) is 3.10. The van der Waals surface area contributed by atoms with E-state index in [1.54, 1.807) is 31.7 Å². The molecular formula is C33H35F4N5O3. The van der Waals surface area contributed by atoms with Crippen LogP contribution in [-0.4, -0.2) is 66.8 Å². The summed E-state index contributed by atoms with van der Waals surface area (Å²) in [5.41, 5.74) is 2.06. The van der Waals surface area contributed by atoms with E-state index < -0.39 is 29.4 Å². The number of alkyl halides is 3. The number of nitrogens with one attached hydrogen (secondary N) is 2. The van der Waals surface area contributed by atoms with E-state index in [-0.39, 0.29) is 54.8 Å². The van der Waals surface area contributed by atoms with E-state index in [2.05, 4.69) is 15.6 Å². The third kappa shape index (κ3) is 6.02. The molecule has 12 heteroatoms. The predicted molar refractivity (Wildman–Crippen MR) is 163 cm³/mol. The summed E-state index contributed by atoms with van der Waals surface area (Å²) in [4.78, 5) is 32.2. The maximum Gasteiger partial charge on any atom is 0.418 e. The number of hydrogen-bond donors (Lipinski definition) is 2. The standard InChI is InChI=1S/C33H35F4N5O3/c1-18-17-39-29-25(24-13-20-7-8-38-30(43)23(20)15-21(18)24)16-22(28(34)40-29)19-5-6-27(26(14-19)33(35,36)37)41-9-11-42(12-10-41)31(44)45-32(2,3)4/h5-6,13-16,18H,7-12,17H2,1-4H3,(H,38,43)(H,39,40). The van der Waals surface area contributed by atoms with Gasteiger partial charge in [-0.2, -0.15) is 17.6 Å². The second-order valence-electron chi connectivity index (χ2n) is 12.8. The molecule has 0 radical (unpaired) electrons. The third-order valence-electron chi connectivity index (χ3n) is 8.46. The van der Waals surface area contributed by atoms with E-state index in [9.17, 15) is 22.8 Å². The zero-order chi connectivity index (χ0) is 32.3. The van der Waals surface area contributed by atoms with Gasteiger partial charge in [-0.3, -0.25) is 4.79 Å². The van der Waals surface area contributed by atoms with E-state index in [0.717, 1.165) is 22.8 Å². The number of carbonyl (C=O) groups is 2. The zero-order valence-corrected chi connectivity index (χ0v) is 25.6. The van der Waals surface area contributed by atoms with Gasteiger partial charge >= 0.3 is 12.3 Å². The first-order valence-corrected chi connectivity index (χ1v) is 15.0. The topological polar surface area (TPSA) is 86.8 Å². The van der Waals surface area contributed by atoms with E-state index in [0.29, 0.717) is 36.5 Å². The summed E-state index contributed by atoms with van der Waals surface area (Å²) in [5, 5.41) is 6.04. The number of pyridine rings is 1. The number of anilines is 2. The summed E-state index contributed by atoms with van der Waals surface area (Å²) in [6.07, 6.45) is -4.59. The Bertz CT molecular complexity index is 1680. The summed E-state index contributed by atoms with van der Waals surface area (Å²) < 4.78 is 64.4. The largest absolute Gasteiger partial charge is 0.444 e.